The molecule has 0 amide bonds. The first-order valence-corrected chi connectivity index (χ1v) is 11.0. The van der Waals surface area contributed by atoms with Crippen molar-refractivity contribution in [3.63, 3.8) is 0 Å². The Kier molecular flexibility index (Phi) is 5.44. The largest absolute Gasteiger partial charge is 0.497 e. The molecule has 0 unspecified atom stereocenters. The number of methoxy groups -OCH3 is 1. The molecule has 0 aromatic heterocycles. The molecule has 6 nitrogen and oxygen atoms in total. The van der Waals surface area contributed by atoms with Crippen molar-refractivity contribution in [2.45, 2.75) is 6.92 Å². The summed E-state index contributed by atoms with van der Waals surface area (Å²) in [6.45, 7) is 1.69. The smallest absolute Gasteiger partial charge is 0.285 e. The summed E-state index contributed by atoms with van der Waals surface area (Å²) >= 11 is 0. The van der Waals surface area contributed by atoms with Crippen molar-refractivity contribution in [1.82, 2.24) is 0 Å². The third kappa shape index (κ3) is 4.00. The van der Waals surface area contributed by atoms with Gasteiger partial charge in [-0.2, -0.15) is 8.42 Å². The maximum absolute atomic E-state index is 13.0. The van der Waals surface area contributed by atoms with Gasteiger partial charge in [-0.3, -0.25) is 4.79 Å². The van der Waals surface area contributed by atoms with Crippen LogP contribution >= 0.6 is 0 Å². The average molecular weight is 433 g/mol. The maximum Gasteiger partial charge on any atom is 0.285 e. The molecular weight excluding hydrogens is 412 g/mol. The van der Waals surface area contributed by atoms with Crippen molar-refractivity contribution in [1.29, 1.82) is 0 Å². The number of rotatable bonds is 5. The minimum absolute atomic E-state index is 0.129. The van der Waals surface area contributed by atoms with Crippen LogP contribution in [-0.2, 0) is 10.0 Å². The van der Waals surface area contributed by atoms with Gasteiger partial charge < -0.3 is 10.1 Å². The highest BCUT2D eigenvalue weighted by atomic mass is 32.2. The molecule has 1 N–H and O–H groups in total. The quantitative estimate of drug-likeness (QED) is 0.600. The highest BCUT2D eigenvalue weighted by molar-refractivity contribution is 8.00. The zero-order valence-electron chi connectivity index (χ0n) is 17.0. The first-order chi connectivity index (χ1) is 14.9. The van der Waals surface area contributed by atoms with Crippen LogP contribution in [0, 0.1) is 0 Å². The molecule has 31 heavy (non-hydrogen) atoms. The van der Waals surface area contributed by atoms with E-state index >= 15 is 0 Å². The Morgan fingerprint density at radius 1 is 0.903 bits per heavy atom. The van der Waals surface area contributed by atoms with E-state index < -0.39 is 10.0 Å². The zero-order chi connectivity index (χ0) is 22.0. The summed E-state index contributed by atoms with van der Waals surface area (Å²) in [5.74, 6) is 0.659. The Morgan fingerprint density at radius 2 is 1.55 bits per heavy atom. The first kappa shape index (κ1) is 20.6. The van der Waals surface area contributed by atoms with Crippen LogP contribution in [0.1, 0.15) is 28.4 Å². The average Bonchev–Trinajstić information content (AvgIpc) is 3.02. The Labute approximate surface area is 181 Å². The van der Waals surface area contributed by atoms with Crippen LogP contribution in [0.15, 0.2) is 88.8 Å². The van der Waals surface area contributed by atoms with Crippen LogP contribution in [-0.4, -0.2) is 27.1 Å². The number of ketones is 1. The molecular formula is C24H20N2O4S. The van der Waals surface area contributed by atoms with E-state index in [0.717, 1.165) is 0 Å². The lowest BCUT2D eigenvalue weighted by Crippen LogP contribution is -2.15. The van der Waals surface area contributed by atoms with Crippen LogP contribution in [0.25, 0.3) is 4.91 Å². The highest BCUT2D eigenvalue weighted by Gasteiger charge is 2.31. The van der Waals surface area contributed by atoms with E-state index in [1.165, 1.54) is 0 Å². The van der Waals surface area contributed by atoms with Gasteiger partial charge in [-0.25, -0.2) is 0 Å². The fourth-order valence-corrected chi connectivity index (χ4v) is 4.85. The molecule has 0 saturated heterocycles. The van der Waals surface area contributed by atoms with Crippen molar-refractivity contribution >= 4 is 32.2 Å². The van der Waals surface area contributed by atoms with Gasteiger partial charge in [0, 0.05) is 16.7 Å². The summed E-state index contributed by atoms with van der Waals surface area (Å²) in [5.41, 5.74) is 2.46. The molecule has 3 aromatic rings. The molecule has 1 aliphatic rings. The van der Waals surface area contributed by atoms with Gasteiger partial charge in [-0.15, -0.1) is 4.40 Å². The molecule has 3 aromatic carbocycles. The maximum atomic E-state index is 13.0. The second-order valence-corrected chi connectivity index (χ2v) is 8.50. The van der Waals surface area contributed by atoms with E-state index in [4.69, 9.17) is 4.74 Å². The van der Waals surface area contributed by atoms with Gasteiger partial charge in [-0.1, -0.05) is 42.5 Å². The number of hydrogen-bond acceptors (Lipinski definition) is 5. The van der Waals surface area contributed by atoms with Gasteiger partial charge in [-0.05, 0) is 48.9 Å². The molecule has 0 fully saturated rings. The van der Waals surface area contributed by atoms with Gasteiger partial charge in [0.05, 0.1) is 12.8 Å². The predicted molar refractivity (Wildman–Crippen MR) is 122 cm³/mol. The second kappa shape index (κ2) is 8.20. The number of carbonyl (C=O) groups is 1. The van der Waals surface area contributed by atoms with Crippen molar-refractivity contribution in [3.05, 3.63) is 101 Å². The van der Waals surface area contributed by atoms with Crippen molar-refractivity contribution < 1.29 is 17.9 Å². The molecule has 1 aliphatic heterocycles. The van der Waals surface area contributed by atoms with Crippen molar-refractivity contribution in [2.24, 2.45) is 4.40 Å². The SMILES string of the molecule is COc1ccc(C2=C(C)C(Nc3ccccc3C(=O)c3ccccc3)=NS2(=O)=O)cc1. The predicted octanol–water partition coefficient (Wildman–Crippen LogP) is 4.51. The minimum Gasteiger partial charge on any atom is -0.497 e. The van der Waals surface area contributed by atoms with Gasteiger partial charge in [0.25, 0.3) is 10.0 Å². The molecule has 0 atom stereocenters. The fraction of sp³-hybridized carbons (Fsp3) is 0.0833. The van der Waals surface area contributed by atoms with E-state index in [1.54, 1.807) is 86.8 Å². The Bertz CT molecular complexity index is 1310. The normalized spacial score (nSPS) is 14.8. The number of nitrogens with zero attached hydrogens (tertiary/aromatic N) is 1. The summed E-state index contributed by atoms with van der Waals surface area (Å²) in [7, 11) is -2.34. The standard InChI is InChI=1S/C24H20N2O4S/c1-16-23(18-12-14-19(30-2)15-13-18)31(28,29)26-24(16)25-21-11-7-6-10-20(21)22(27)17-8-4-3-5-9-17/h3-15H,1-2H3,(H,25,26). The van der Waals surface area contributed by atoms with Crippen LogP contribution in [0.2, 0.25) is 0 Å². The number of benzene rings is 3. The Balaban J connectivity index is 1.70. The number of amidine groups is 1. The monoisotopic (exact) mass is 432 g/mol. The molecule has 0 aliphatic carbocycles. The number of sulfonamides is 1. The molecule has 0 spiro atoms. The van der Waals surface area contributed by atoms with Crippen molar-refractivity contribution in [3.8, 4) is 5.75 Å². The van der Waals surface area contributed by atoms with Gasteiger partial charge in [0.1, 0.15) is 16.5 Å². The van der Waals surface area contributed by atoms with E-state index in [1.807, 2.05) is 6.07 Å². The number of ether oxygens (including phenoxy) is 1. The van der Waals surface area contributed by atoms with Gasteiger partial charge in [0.15, 0.2) is 5.78 Å². The lowest BCUT2D eigenvalue weighted by molar-refractivity contribution is 0.103. The number of hydrogen-bond donors (Lipinski definition) is 1. The molecule has 0 saturated carbocycles. The number of carbonyl (C=O) groups excluding carboxylic acids is 1. The summed E-state index contributed by atoms with van der Waals surface area (Å²) in [5, 5.41) is 3.06. The van der Waals surface area contributed by atoms with Gasteiger partial charge in [0.2, 0.25) is 0 Å². The van der Waals surface area contributed by atoms with Crippen LogP contribution in [0.3, 0.4) is 0 Å². The van der Waals surface area contributed by atoms with Gasteiger partial charge >= 0.3 is 0 Å². The second-order valence-electron chi connectivity index (χ2n) is 6.96. The number of anilines is 1. The Hall–Kier alpha value is -3.71. The summed E-state index contributed by atoms with van der Waals surface area (Å²) in [6.07, 6.45) is 0. The van der Waals surface area contributed by atoms with E-state index in [0.29, 0.717) is 33.7 Å². The third-order valence-corrected chi connectivity index (χ3v) is 6.46. The highest BCUT2D eigenvalue weighted by Crippen LogP contribution is 2.34. The molecule has 0 bridgehead atoms. The summed E-state index contributed by atoms with van der Waals surface area (Å²) in [4.78, 5) is 13.1. The molecule has 4 rings (SSSR count). The molecule has 7 heteroatoms. The third-order valence-electron chi connectivity index (χ3n) is 4.98. The van der Waals surface area contributed by atoms with Crippen LogP contribution < -0.4 is 10.1 Å². The lowest BCUT2D eigenvalue weighted by atomic mass is 10.0. The first-order valence-electron chi connectivity index (χ1n) is 9.57. The Morgan fingerprint density at radius 3 is 2.23 bits per heavy atom. The molecule has 1 heterocycles. The van der Waals surface area contributed by atoms with Crippen molar-refractivity contribution in [2.75, 3.05) is 12.4 Å². The fourth-order valence-electron chi connectivity index (χ4n) is 3.42. The minimum atomic E-state index is -3.88. The molecule has 0 radical (unpaired) electrons. The van der Waals surface area contributed by atoms with E-state index in [2.05, 4.69) is 9.71 Å². The van der Waals surface area contributed by atoms with E-state index in [-0.39, 0.29) is 16.5 Å². The number of nitrogens with one attached hydrogen (secondary N) is 1. The summed E-state index contributed by atoms with van der Waals surface area (Å²) in [6, 6.07) is 22.6. The zero-order valence-corrected chi connectivity index (χ0v) is 17.8. The van der Waals surface area contributed by atoms with E-state index in [9.17, 15) is 13.2 Å². The molecule has 156 valence electrons. The topological polar surface area (TPSA) is 84.8 Å². The van der Waals surface area contributed by atoms with Crippen LogP contribution in [0.5, 0.6) is 5.75 Å². The van der Waals surface area contributed by atoms with Crippen LogP contribution in [0.4, 0.5) is 5.69 Å². The summed E-state index contributed by atoms with van der Waals surface area (Å²) < 4.78 is 34.6. The number of para-hydroxylation sites is 1. The lowest BCUT2D eigenvalue weighted by Gasteiger charge is -2.12.